The molecular weight excluding hydrogens is 402 g/mol. The number of rotatable bonds is 13. The highest BCUT2D eigenvalue weighted by Gasteiger charge is 2.35. The van der Waals surface area contributed by atoms with Crippen LogP contribution in [0.1, 0.15) is 63.4 Å². The van der Waals surface area contributed by atoms with Gasteiger partial charge in [-0.25, -0.2) is 0 Å². The molecule has 0 spiro atoms. The van der Waals surface area contributed by atoms with Crippen molar-refractivity contribution in [1.82, 2.24) is 5.32 Å². The molecule has 0 bridgehead atoms. The number of carbonyl (C=O) groups is 2. The van der Waals surface area contributed by atoms with Crippen LogP contribution in [0.25, 0.3) is 0 Å². The van der Waals surface area contributed by atoms with Crippen LogP contribution in [0, 0.1) is 11.8 Å². The number of amides is 1. The van der Waals surface area contributed by atoms with Gasteiger partial charge in [0, 0.05) is 25.3 Å². The number of benzene rings is 1. The highest BCUT2D eigenvalue weighted by Crippen LogP contribution is 2.32. The van der Waals surface area contributed by atoms with E-state index in [0.29, 0.717) is 37.2 Å². The Kier molecular flexibility index (Phi) is 9.69. The molecule has 1 unspecified atom stereocenters. The fourth-order valence-electron chi connectivity index (χ4n) is 4.18. The summed E-state index contributed by atoms with van der Waals surface area (Å²) >= 11 is 0. The summed E-state index contributed by atoms with van der Waals surface area (Å²) in [5, 5.41) is 23.6. The van der Waals surface area contributed by atoms with Crippen molar-refractivity contribution in [2.45, 2.75) is 76.4 Å². The van der Waals surface area contributed by atoms with E-state index in [0.717, 1.165) is 25.8 Å². The first-order valence-corrected chi connectivity index (χ1v) is 12.1. The molecule has 1 aromatic rings. The third-order valence-electron chi connectivity index (χ3n) is 6.42. The Morgan fingerprint density at radius 3 is 2.72 bits per heavy atom. The first-order chi connectivity index (χ1) is 15.5. The highest BCUT2D eigenvalue weighted by atomic mass is 16.3. The Labute approximate surface area is 191 Å². The number of allylic oxidation sites excluding steroid dienone is 2. The quantitative estimate of drug-likeness (QED) is 0.247. The second kappa shape index (κ2) is 12.7. The Balaban J connectivity index is 1.38. The summed E-state index contributed by atoms with van der Waals surface area (Å²) in [5.41, 5.74) is 1.84. The second-order valence-corrected chi connectivity index (χ2v) is 9.22. The van der Waals surface area contributed by atoms with Crippen LogP contribution in [-0.4, -0.2) is 40.7 Å². The van der Waals surface area contributed by atoms with Gasteiger partial charge in [0.15, 0.2) is 5.78 Å². The molecule has 3 atom stereocenters. The first kappa shape index (κ1) is 24.4. The lowest BCUT2D eigenvalue weighted by Crippen LogP contribution is -2.24. The summed E-state index contributed by atoms with van der Waals surface area (Å²) in [6.07, 6.45) is 12.0. The maximum atomic E-state index is 12.3. The monoisotopic (exact) mass is 439 g/mol. The number of aryl methyl sites for hydroxylation is 1. The number of ketones is 1. The van der Waals surface area contributed by atoms with Crippen molar-refractivity contribution in [3.8, 4) is 0 Å². The van der Waals surface area contributed by atoms with E-state index in [4.69, 9.17) is 0 Å². The van der Waals surface area contributed by atoms with Gasteiger partial charge < -0.3 is 15.5 Å². The van der Waals surface area contributed by atoms with Crippen molar-refractivity contribution in [2.24, 2.45) is 11.8 Å². The molecule has 3 rings (SSSR count). The molecule has 0 aromatic heterocycles. The number of nitrogens with one attached hydrogen (secondary N) is 1. The van der Waals surface area contributed by atoms with Crippen LogP contribution in [0.15, 0.2) is 54.1 Å². The molecular formula is C27H37NO4. The van der Waals surface area contributed by atoms with Crippen LogP contribution < -0.4 is 5.32 Å². The minimum absolute atomic E-state index is 0.0153. The van der Waals surface area contributed by atoms with Gasteiger partial charge in [-0.05, 0) is 68.4 Å². The molecule has 2 aliphatic rings. The van der Waals surface area contributed by atoms with E-state index in [2.05, 4.69) is 5.32 Å². The van der Waals surface area contributed by atoms with Gasteiger partial charge in [-0.15, -0.1) is 0 Å². The van der Waals surface area contributed by atoms with Crippen molar-refractivity contribution in [2.75, 3.05) is 6.54 Å². The molecule has 5 heteroatoms. The van der Waals surface area contributed by atoms with Crippen LogP contribution in [0.2, 0.25) is 0 Å². The predicted octanol–water partition coefficient (Wildman–Crippen LogP) is 3.89. The van der Waals surface area contributed by atoms with Crippen LogP contribution in [0.4, 0.5) is 0 Å². The van der Waals surface area contributed by atoms with Gasteiger partial charge in [-0.1, -0.05) is 48.6 Å². The number of Topliss-reactive ketones (excluding diaryl/α,β-unsaturated/α-hetero) is 1. The lowest BCUT2D eigenvalue weighted by atomic mass is 9.94. The third-order valence-corrected chi connectivity index (χ3v) is 6.42. The minimum atomic E-state index is -0.659. The summed E-state index contributed by atoms with van der Waals surface area (Å²) in [5.74, 6) is 0.602. The largest absolute Gasteiger partial charge is 0.393 e. The maximum absolute atomic E-state index is 12.3. The zero-order valence-corrected chi connectivity index (χ0v) is 18.9. The van der Waals surface area contributed by atoms with E-state index in [1.807, 2.05) is 48.6 Å². The molecule has 2 fully saturated rings. The van der Waals surface area contributed by atoms with Gasteiger partial charge in [-0.2, -0.15) is 0 Å². The third kappa shape index (κ3) is 8.36. The molecule has 0 saturated heterocycles. The molecule has 32 heavy (non-hydrogen) atoms. The van der Waals surface area contributed by atoms with Crippen molar-refractivity contribution in [1.29, 1.82) is 0 Å². The molecule has 3 N–H and O–H groups in total. The maximum Gasteiger partial charge on any atom is 0.220 e. The van der Waals surface area contributed by atoms with E-state index in [1.54, 1.807) is 0 Å². The average molecular weight is 440 g/mol. The van der Waals surface area contributed by atoms with Crippen LogP contribution in [0.5, 0.6) is 0 Å². The van der Waals surface area contributed by atoms with Crippen molar-refractivity contribution >= 4 is 11.7 Å². The predicted molar refractivity (Wildman–Crippen MR) is 126 cm³/mol. The molecule has 5 nitrogen and oxygen atoms in total. The van der Waals surface area contributed by atoms with Gasteiger partial charge in [0.1, 0.15) is 0 Å². The van der Waals surface area contributed by atoms with Crippen LogP contribution in [-0.2, 0) is 16.0 Å². The second-order valence-electron chi connectivity index (χ2n) is 9.22. The van der Waals surface area contributed by atoms with E-state index in [9.17, 15) is 19.8 Å². The molecule has 174 valence electrons. The van der Waals surface area contributed by atoms with E-state index >= 15 is 0 Å². The number of hydrogen-bond acceptors (Lipinski definition) is 4. The minimum Gasteiger partial charge on any atom is -0.393 e. The van der Waals surface area contributed by atoms with Crippen molar-refractivity contribution in [3.63, 3.8) is 0 Å². The van der Waals surface area contributed by atoms with Gasteiger partial charge in [0.25, 0.3) is 0 Å². The Hall–Kier alpha value is -2.24. The lowest BCUT2D eigenvalue weighted by molar-refractivity contribution is -0.121. The van der Waals surface area contributed by atoms with E-state index < -0.39 is 12.2 Å². The number of aliphatic hydroxyl groups excluding tert-OH is 2. The molecule has 0 radical (unpaired) electrons. The normalized spacial score (nSPS) is 23.2. The molecule has 1 amide bonds. The standard InChI is InChI=1S/C27H37NO4/c29-22(15-14-20-8-4-3-5-9-20)16-17-24-23(25(30)18-26(24)31)10-6-1-2-7-11-27(32)28-19-21-12-13-21/h1,3-6,8-9,17,21-23,25,29-30H,2,7,10-16,18-19H2,(H,28,32)/b6-1-,24-17?/t22-,23?,25-/m0/s1. The summed E-state index contributed by atoms with van der Waals surface area (Å²) in [4.78, 5) is 24.1. The number of hydrogen-bond donors (Lipinski definition) is 3. The Morgan fingerprint density at radius 1 is 1.19 bits per heavy atom. The molecule has 0 heterocycles. The van der Waals surface area contributed by atoms with Crippen molar-refractivity contribution < 1.29 is 19.8 Å². The van der Waals surface area contributed by atoms with Crippen LogP contribution >= 0.6 is 0 Å². The summed E-state index contributed by atoms with van der Waals surface area (Å²) in [7, 11) is 0. The summed E-state index contributed by atoms with van der Waals surface area (Å²) < 4.78 is 0. The summed E-state index contributed by atoms with van der Waals surface area (Å²) in [6.45, 7) is 0.818. The zero-order chi connectivity index (χ0) is 22.8. The average Bonchev–Trinajstić information content (AvgIpc) is 3.58. The zero-order valence-electron chi connectivity index (χ0n) is 18.9. The van der Waals surface area contributed by atoms with Gasteiger partial charge in [0.2, 0.25) is 5.91 Å². The van der Waals surface area contributed by atoms with Crippen molar-refractivity contribution in [3.05, 3.63) is 59.7 Å². The smallest absolute Gasteiger partial charge is 0.220 e. The van der Waals surface area contributed by atoms with Crippen LogP contribution in [0.3, 0.4) is 0 Å². The van der Waals surface area contributed by atoms with Gasteiger partial charge in [-0.3, -0.25) is 9.59 Å². The van der Waals surface area contributed by atoms with Gasteiger partial charge >= 0.3 is 0 Å². The fourth-order valence-corrected chi connectivity index (χ4v) is 4.18. The van der Waals surface area contributed by atoms with E-state index in [-0.39, 0.29) is 24.0 Å². The molecule has 1 aromatic carbocycles. The SMILES string of the molecule is O=C(CCC/C=C\CC1C(=CC[C@@H](O)CCc2ccccc2)C(=O)C[C@@H]1O)NCC1CC1. The Bertz CT molecular complexity index is 797. The Morgan fingerprint density at radius 2 is 1.97 bits per heavy atom. The number of carbonyl (C=O) groups excluding carboxylic acids is 2. The highest BCUT2D eigenvalue weighted by molar-refractivity contribution is 5.98. The molecule has 0 aliphatic heterocycles. The molecule has 2 aliphatic carbocycles. The first-order valence-electron chi connectivity index (χ1n) is 12.1. The fraction of sp³-hybridized carbons (Fsp3) is 0.556. The number of unbranched alkanes of at least 4 members (excludes halogenated alkanes) is 1. The topological polar surface area (TPSA) is 86.6 Å². The summed E-state index contributed by atoms with van der Waals surface area (Å²) in [6, 6.07) is 10.0. The van der Waals surface area contributed by atoms with E-state index in [1.165, 1.54) is 18.4 Å². The number of aliphatic hydroxyl groups is 2. The molecule has 2 saturated carbocycles. The lowest BCUT2D eigenvalue weighted by Gasteiger charge is -2.14. The van der Waals surface area contributed by atoms with Gasteiger partial charge in [0.05, 0.1) is 12.2 Å².